The zero-order valence-corrected chi connectivity index (χ0v) is 10.2. The standard InChI is InChI=1S/C3H8O4S2.CH3.Na/c4-1-2-9(6,7)3-8-5;;/h4-5H,1-3H2;1H3;/q;-1;+1/p-1. The summed E-state index contributed by atoms with van der Waals surface area (Å²) in [6.45, 7) is -0.414. The van der Waals surface area contributed by atoms with E-state index in [2.05, 4.69) is 0 Å². The monoisotopic (exact) mass is 209 g/mol. The van der Waals surface area contributed by atoms with Crippen LogP contribution in [0.5, 0.6) is 0 Å². The van der Waals surface area contributed by atoms with E-state index < -0.39 is 21.5 Å². The van der Waals surface area contributed by atoms with Gasteiger partial charge in [0, 0.05) is 0 Å². The van der Waals surface area contributed by atoms with E-state index >= 15 is 0 Å². The molecule has 0 fully saturated rings. The van der Waals surface area contributed by atoms with Gasteiger partial charge in [0.15, 0.2) is 9.84 Å². The van der Waals surface area contributed by atoms with E-state index in [1.54, 1.807) is 0 Å². The van der Waals surface area contributed by atoms with E-state index in [-0.39, 0.29) is 54.8 Å². The van der Waals surface area contributed by atoms with Crippen molar-refractivity contribution in [1.29, 1.82) is 0 Å². The van der Waals surface area contributed by atoms with Gasteiger partial charge in [0.05, 0.1) is 17.4 Å². The van der Waals surface area contributed by atoms with Crippen molar-refractivity contribution in [3.8, 4) is 0 Å². The van der Waals surface area contributed by atoms with Crippen molar-refractivity contribution < 1.29 is 47.6 Å². The van der Waals surface area contributed by atoms with E-state index in [0.29, 0.717) is 0 Å². The van der Waals surface area contributed by atoms with E-state index in [1.165, 1.54) is 0 Å². The number of sulfone groups is 1. The second-order valence-corrected chi connectivity index (χ2v) is 4.48. The van der Waals surface area contributed by atoms with Crippen LogP contribution in [0, 0.1) is 7.43 Å². The summed E-state index contributed by atoms with van der Waals surface area (Å²) in [5.41, 5.74) is 0. The van der Waals surface area contributed by atoms with Crippen LogP contribution in [-0.4, -0.2) is 35.5 Å². The first kappa shape index (κ1) is 18.1. The van der Waals surface area contributed by atoms with E-state index in [1.807, 2.05) is 0 Å². The Morgan fingerprint density at radius 2 is 1.91 bits per heavy atom. The first-order valence-electron chi connectivity index (χ1n) is 2.18. The molecule has 0 saturated carbocycles. The molecule has 0 radical (unpaired) electrons. The molecule has 0 heterocycles. The molecule has 0 aliphatic carbocycles. The average molecular weight is 209 g/mol. The van der Waals surface area contributed by atoms with Crippen molar-refractivity contribution in [3.05, 3.63) is 7.43 Å². The Kier molecular flexibility index (Phi) is 15.3. The minimum Gasteiger partial charge on any atom is -0.798 e. The maximum absolute atomic E-state index is 10.4. The van der Waals surface area contributed by atoms with Gasteiger partial charge in [-0.15, -0.1) is 0 Å². The van der Waals surface area contributed by atoms with Gasteiger partial charge in [-0.2, -0.15) is 0 Å². The number of aliphatic hydroxyl groups is 1. The second kappa shape index (κ2) is 9.31. The third kappa shape index (κ3) is 11.2. The third-order valence-corrected chi connectivity index (χ3v) is 3.26. The summed E-state index contributed by atoms with van der Waals surface area (Å²) < 4.78 is 30.6. The molecule has 0 aliphatic heterocycles. The molecule has 7 heteroatoms. The van der Waals surface area contributed by atoms with Crippen molar-refractivity contribution >= 4 is 21.9 Å². The van der Waals surface area contributed by atoms with Crippen LogP contribution in [0.1, 0.15) is 0 Å². The van der Waals surface area contributed by atoms with Gasteiger partial charge in [-0.3, -0.25) is 0 Å². The molecule has 0 unspecified atom stereocenters. The van der Waals surface area contributed by atoms with Gasteiger partial charge in [0.25, 0.3) is 0 Å². The molecular weight excluding hydrogens is 199 g/mol. The summed E-state index contributed by atoms with van der Waals surface area (Å²) in [5, 5.41) is 7.69. The normalized spacial score (nSPS) is 9.64. The van der Waals surface area contributed by atoms with Crippen LogP contribution < -0.4 is 29.6 Å². The quantitative estimate of drug-likeness (QED) is 0.298. The minimum atomic E-state index is -3.28. The minimum absolute atomic E-state index is 0. The molecule has 0 aliphatic rings. The predicted molar refractivity (Wildman–Crippen MR) is 40.5 cm³/mol. The van der Waals surface area contributed by atoms with Crippen molar-refractivity contribution in [3.63, 3.8) is 0 Å². The van der Waals surface area contributed by atoms with Crippen molar-refractivity contribution in [1.82, 2.24) is 0 Å². The molecule has 0 aromatic heterocycles. The Bertz CT molecular complexity index is 143. The van der Waals surface area contributed by atoms with Gasteiger partial charge in [-0.25, -0.2) is 20.5 Å². The molecule has 0 rings (SSSR count). The molecule has 0 amide bonds. The van der Waals surface area contributed by atoms with Crippen LogP contribution in [0.25, 0.3) is 0 Å². The summed E-state index contributed by atoms with van der Waals surface area (Å²) in [6.07, 6.45) is 0. The Labute approximate surface area is 93.8 Å². The van der Waals surface area contributed by atoms with Crippen LogP contribution in [0.4, 0.5) is 0 Å². The molecule has 0 aromatic carbocycles. The first-order valence-corrected chi connectivity index (χ1v) is 4.91. The fraction of sp³-hybridized carbons (Fsp3) is 0.750. The van der Waals surface area contributed by atoms with Gasteiger partial charge < -0.3 is 17.1 Å². The van der Waals surface area contributed by atoms with Crippen LogP contribution in [-0.2, 0) is 9.84 Å². The number of hydrogen-bond donors (Lipinski definition) is 1. The fourth-order valence-corrected chi connectivity index (χ4v) is 1.61. The second-order valence-electron chi connectivity index (χ2n) is 1.41. The summed E-state index contributed by atoms with van der Waals surface area (Å²) in [4.78, 5) is 0. The van der Waals surface area contributed by atoms with Gasteiger partial charge in [0.2, 0.25) is 0 Å². The molecule has 0 spiro atoms. The Balaban J connectivity index is -0.000000320. The van der Waals surface area contributed by atoms with Gasteiger partial charge in [-0.1, -0.05) is 0 Å². The van der Waals surface area contributed by atoms with E-state index in [4.69, 9.17) is 5.11 Å². The Hall–Kier alpha value is 1.22. The summed E-state index contributed by atoms with van der Waals surface area (Å²) in [5.74, 6) is -0.317. The summed E-state index contributed by atoms with van der Waals surface area (Å²) >= 11 is -0.000556. The van der Waals surface area contributed by atoms with Crippen molar-refractivity contribution in [2.75, 3.05) is 17.4 Å². The van der Waals surface area contributed by atoms with Crippen molar-refractivity contribution in [2.45, 2.75) is 0 Å². The zero-order valence-electron chi connectivity index (χ0n) is 6.61. The molecule has 0 bridgehead atoms. The smallest absolute Gasteiger partial charge is 0.798 e. The molecule has 0 atom stereocenters. The topological polar surface area (TPSA) is 77.4 Å². The maximum atomic E-state index is 10.4. The zero-order chi connectivity index (χ0) is 7.33. The van der Waals surface area contributed by atoms with E-state index in [0.717, 1.165) is 0 Å². The Morgan fingerprint density at radius 3 is 2.18 bits per heavy atom. The molecule has 0 aromatic rings. The Morgan fingerprint density at radius 1 is 1.45 bits per heavy atom. The molecule has 64 valence electrons. The average Bonchev–Trinajstić information content (AvgIpc) is 1.64. The maximum Gasteiger partial charge on any atom is 1.00 e. The largest absolute Gasteiger partial charge is 1.00 e. The first-order chi connectivity index (χ1) is 4.12. The van der Waals surface area contributed by atoms with Gasteiger partial charge >= 0.3 is 29.6 Å². The summed E-state index contributed by atoms with van der Waals surface area (Å²) in [6, 6.07) is 0. The fourth-order valence-electron chi connectivity index (χ4n) is 0.271. The molecule has 1 N–H and O–H groups in total. The van der Waals surface area contributed by atoms with Gasteiger partial charge in [0.1, 0.15) is 0 Å². The summed E-state index contributed by atoms with van der Waals surface area (Å²) in [7, 11) is -3.28. The number of hydrogen-bond acceptors (Lipinski definition) is 5. The molecule has 0 saturated heterocycles. The van der Waals surface area contributed by atoms with Crippen LogP contribution in [0.15, 0.2) is 0 Å². The number of aliphatic hydroxyl groups excluding tert-OH is 1. The van der Waals surface area contributed by atoms with Crippen LogP contribution >= 0.6 is 12.0 Å². The molecular formula is C4H10NaO4S2-. The van der Waals surface area contributed by atoms with Crippen LogP contribution in [0.3, 0.4) is 0 Å². The van der Waals surface area contributed by atoms with E-state index in [9.17, 15) is 13.0 Å². The third-order valence-electron chi connectivity index (χ3n) is 0.630. The molecule has 11 heavy (non-hydrogen) atoms. The molecule has 4 nitrogen and oxygen atoms in total. The van der Waals surface area contributed by atoms with Crippen LogP contribution in [0.2, 0.25) is 0 Å². The predicted octanol–water partition coefficient (Wildman–Crippen LogP) is -3.33. The van der Waals surface area contributed by atoms with Crippen molar-refractivity contribution in [2.24, 2.45) is 0 Å². The number of rotatable bonds is 4. The van der Waals surface area contributed by atoms with Gasteiger partial charge in [-0.05, 0) is 0 Å². The SMILES string of the molecule is O=S(=O)(CCO)CS[O-].[CH3-].[Na+].